The predicted molar refractivity (Wildman–Crippen MR) is 66.8 cm³/mol. The van der Waals surface area contributed by atoms with E-state index < -0.39 is 0 Å². The lowest BCUT2D eigenvalue weighted by atomic mass is 10.0. The van der Waals surface area contributed by atoms with Crippen LogP contribution in [-0.2, 0) is 4.74 Å². The van der Waals surface area contributed by atoms with Gasteiger partial charge in [0.2, 0.25) is 0 Å². The number of anilines is 1. The molecular weight excluding hydrogens is 224 g/mol. The lowest BCUT2D eigenvalue weighted by Crippen LogP contribution is -2.35. The van der Waals surface area contributed by atoms with Crippen molar-refractivity contribution in [2.24, 2.45) is 0 Å². The first-order valence-electron chi connectivity index (χ1n) is 5.55. The molecule has 2 heterocycles. The van der Waals surface area contributed by atoms with E-state index in [1.165, 1.54) is 11.1 Å². The van der Waals surface area contributed by atoms with Gasteiger partial charge in [-0.1, -0.05) is 13.0 Å². The minimum absolute atomic E-state index is 0. The molecule has 1 saturated heterocycles. The summed E-state index contributed by atoms with van der Waals surface area (Å²) in [7, 11) is 0. The van der Waals surface area contributed by atoms with E-state index in [2.05, 4.69) is 24.0 Å². The van der Waals surface area contributed by atoms with E-state index in [0.717, 1.165) is 25.3 Å². The van der Waals surface area contributed by atoms with E-state index in [1.54, 1.807) is 0 Å². The number of ether oxygens (including phenoxy) is 1. The van der Waals surface area contributed by atoms with Gasteiger partial charge in [0.05, 0.1) is 12.2 Å². The van der Waals surface area contributed by atoms with Crippen molar-refractivity contribution in [1.29, 1.82) is 0 Å². The highest BCUT2D eigenvalue weighted by atomic mass is 35.5. The summed E-state index contributed by atoms with van der Waals surface area (Å²) in [5, 5.41) is 0. The van der Waals surface area contributed by atoms with Crippen molar-refractivity contribution in [3.8, 4) is 0 Å². The summed E-state index contributed by atoms with van der Waals surface area (Å²) >= 11 is 0. The Morgan fingerprint density at radius 2 is 2.00 bits per heavy atom. The van der Waals surface area contributed by atoms with Gasteiger partial charge in [-0.15, -0.1) is 12.4 Å². The second kappa shape index (κ2) is 4.24. The van der Waals surface area contributed by atoms with Crippen LogP contribution in [0, 0.1) is 0 Å². The average molecular weight is 241 g/mol. The molecule has 0 radical (unpaired) electrons. The lowest BCUT2D eigenvalue weighted by Gasteiger charge is -2.31. The zero-order chi connectivity index (χ0) is 10.4. The van der Waals surface area contributed by atoms with Crippen LogP contribution in [0.2, 0.25) is 0 Å². The monoisotopic (exact) mass is 240 g/mol. The van der Waals surface area contributed by atoms with E-state index in [0.29, 0.717) is 0 Å². The molecule has 1 aromatic carbocycles. The van der Waals surface area contributed by atoms with Crippen LogP contribution in [0.3, 0.4) is 0 Å². The minimum atomic E-state index is 0. The Hall–Kier alpha value is -0.770. The van der Waals surface area contributed by atoms with Crippen molar-refractivity contribution < 1.29 is 4.74 Å². The fourth-order valence-electron chi connectivity index (χ4n) is 2.59. The number of fused-ring (bicyclic) bond motifs is 5. The van der Waals surface area contributed by atoms with Crippen LogP contribution >= 0.6 is 12.4 Å². The normalized spacial score (nSPS) is 27.3. The van der Waals surface area contributed by atoms with E-state index in [9.17, 15) is 0 Å². The number of nitrogen functional groups attached to an aromatic ring is 1. The molecule has 2 unspecified atom stereocenters. The van der Waals surface area contributed by atoms with Gasteiger partial charge in [-0.05, 0) is 29.8 Å². The van der Waals surface area contributed by atoms with Gasteiger partial charge in [0, 0.05) is 18.8 Å². The summed E-state index contributed by atoms with van der Waals surface area (Å²) in [6.07, 6.45) is 0.501. The fraction of sp³-hybridized carbons (Fsp3) is 0.500. The molecule has 3 nitrogen and oxygen atoms in total. The Balaban J connectivity index is 0.000000963. The molecule has 2 aliphatic heterocycles. The standard InChI is InChI=1S/C12H16N2O.ClH/c1-2-14-6-11-9-4-3-8(13)5-10(9)12(7-14)15-11;/h3-5,11-12H,2,6-7,13H2,1H3;1H. The second-order valence-corrected chi connectivity index (χ2v) is 4.35. The molecule has 2 N–H and O–H groups in total. The number of nitrogens with two attached hydrogens (primary N) is 1. The van der Waals surface area contributed by atoms with Gasteiger partial charge in [0.1, 0.15) is 0 Å². The molecule has 0 saturated carbocycles. The molecule has 2 bridgehead atoms. The fourth-order valence-corrected chi connectivity index (χ4v) is 2.59. The smallest absolute Gasteiger partial charge is 0.0965 e. The van der Waals surface area contributed by atoms with Crippen molar-refractivity contribution in [2.45, 2.75) is 19.1 Å². The van der Waals surface area contributed by atoms with Crippen molar-refractivity contribution in [2.75, 3.05) is 25.4 Å². The Morgan fingerprint density at radius 3 is 2.69 bits per heavy atom. The van der Waals surface area contributed by atoms with E-state index in [1.807, 2.05) is 6.07 Å². The largest absolute Gasteiger partial charge is 0.399 e. The van der Waals surface area contributed by atoms with Crippen molar-refractivity contribution in [1.82, 2.24) is 4.90 Å². The highest BCUT2D eigenvalue weighted by Gasteiger charge is 2.37. The van der Waals surface area contributed by atoms with Gasteiger partial charge in [0.15, 0.2) is 0 Å². The van der Waals surface area contributed by atoms with E-state index >= 15 is 0 Å². The summed E-state index contributed by atoms with van der Waals surface area (Å²) in [6.45, 7) is 5.32. The summed E-state index contributed by atoms with van der Waals surface area (Å²) in [5.41, 5.74) is 9.29. The SMILES string of the molecule is CCN1CC2OC(C1)c1cc(N)ccc12.Cl. The summed E-state index contributed by atoms with van der Waals surface area (Å²) in [4.78, 5) is 2.44. The van der Waals surface area contributed by atoms with Crippen LogP contribution < -0.4 is 5.73 Å². The van der Waals surface area contributed by atoms with Crippen LogP contribution in [0.1, 0.15) is 30.3 Å². The molecule has 16 heavy (non-hydrogen) atoms. The molecule has 1 fully saturated rings. The van der Waals surface area contributed by atoms with Gasteiger partial charge >= 0.3 is 0 Å². The van der Waals surface area contributed by atoms with Gasteiger partial charge in [-0.2, -0.15) is 0 Å². The number of benzene rings is 1. The zero-order valence-corrected chi connectivity index (χ0v) is 10.2. The number of rotatable bonds is 1. The maximum absolute atomic E-state index is 5.96. The molecule has 0 spiro atoms. The van der Waals surface area contributed by atoms with E-state index in [4.69, 9.17) is 10.5 Å². The number of nitrogens with zero attached hydrogens (tertiary/aromatic N) is 1. The first-order chi connectivity index (χ1) is 7.28. The highest BCUT2D eigenvalue weighted by Crippen LogP contribution is 2.43. The highest BCUT2D eigenvalue weighted by molar-refractivity contribution is 5.85. The molecule has 3 rings (SSSR count). The number of hydrogen-bond acceptors (Lipinski definition) is 3. The first-order valence-corrected chi connectivity index (χ1v) is 5.55. The number of halogens is 1. The third kappa shape index (κ3) is 1.69. The van der Waals surface area contributed by atoms with E-state index in [-0.39, 0.29) is 24.6 Å². The molecule has 0 aromatic heterocycles. The zero-order valence-electron chi connectivity index (χ0n) is 9.35. The van der Waals surface area contributed by atoms with Crippen molar-refractivity contribution in [3.63, 3.8) is 0 Å². The molecule has 1 aromatic rings. The Labute approximate surface area is 102 Å². The topological polar surface area (TPSA) is 38.5 Å². The first kappa shape index (κ1) is 11.7. The maximum Gasteiger partial charge on any atom is 0.0965 e. The van der Waals surface area contributed by atoms with Crippen LogP contribution in [0.15, 0.2) is 18.2 Å². The Bertz CT molecular complexity index is 397. The summed E-state index contributed by atoms with van der Waals surface area (Å²) in [5.74, 6) is 0. The summed E-state index contributed by atoms with van der Waals surface area (Å²) < 4.78 is 5.96. The van der Waals surface area contributed by atoms with Crippen LogP contribution in [0.25, 0.3) is 0 Å². The Kier molecular flexibility index (Phi) is 3.10. The molecular formula is C12H17ClN2O. The van der Waals surface area contributed by atoms with Gasteiger partial charge < -0.3 is 10.5 Å². The van der Waals surface area contributed by atoms with Crippen LogP contribution in [-0.4, -0.2) is 24.5 Å². The van der Waals surface area contributed by atoms with Crippen LogP contribution in [0.5, 0.6) is 0 Å². The third-order valence-corrected chi connectivity index (χ3v) is 3.43. The third-order valence-electron chi connectivity index (χ3n) is 3.43. The molecule has 0 aliphatic carbocycles. The van der Waals surface area contributed by atoms with Gasteiger partial charge in [-0.25, -0.2) is 0 Å². The predicted octanol–water partition coefficient (Wildman–Crippen LogP) is 2.14. The average Bonchev–Trinajstić information content (AvgIpc) is 2.51. The molecule has 2 aliphatic rings. The number of hydrogen-bond donors (Lipinski definition) is 1. The molecule has 2 atom stereocenters. The maximum atomic E-state index is 5.96. The Morgan fingerprint density at radius 1 is 1.31 bits per heavy atom. The van der Waals surface area contributed by atoms with Crippen molar-refractivity contribution in [3.05, 3.63) is 29.3 Å². The number of likely N-dealkylation sites (N-methyl/N-ethyl adjacent to an activating group) is 1. The molecule has 88 valence electrons. The van der Waals surface area contributed by atoms with Gasteiger partial charge in [0.25, 0.3) is 0 Å². The van der Waals surface area contributed by atoms with Crippen molar-refractivity contribution >= 4 is 18.1 Å². The van der Waals surface area contributed by atoms with Gasteiger partial charge in [-0.3, -0.25) is 4.90 Å². The number of morpholine rings is 1. The lowest BCUT2D eigenvalue weighted by molar-refractivity contribution is -0.0661. The quantitative estimate of drug-likeness (QED) is 0.765. The summed E-state index contributed by atoms with van der Waals surface area (Å²) in [6, 6.07) is 6.16. The molecule has 4 heteroatoms. The second-order valence-electron chi connectivity index (χ2n) is 4.35. The molecule has 0 amide bonds. The minimum Gasteiger partial charge on any atom is -0.399 e. The van der Waals surface area contributed by atoms with Crippen LogP contribution in [0.4, 0.5) is 5.69 Å².